The second kappa shape index (κ2) is 10.2. The zero-order valence-electron chi connectivity index (χ0n) is 20.4. The van der Waals surface area contributed by atoms with Crippen molar-refractivity contribution in [3.8, 4) is 6.07 Å². The molecule has 0 unspecified atom stereocenters. The molecule has 5 rings (SSSR count). The van der Waals surface area contributed by atoms with Gasteiger partial charge in [-0.1, -0.05) is 6.58 Å². The van der Waals surface area contributed by atoms with Gasteiger partial charge in [-0.15, -0.1) is 11.3 Å². The van der Waals surface area contributed by atoms with Gasteiger partial charge in [-0.2, -0.15) is 18.4 Å². The maximum Gasteiger partial charge on any atom is 0.393 e. The van der Waals surface area contributed by atoms with Crippen LogP contribution in [0.2, 0.25) is 0 Å². The first-order valence-electron chi connectivity index (χ1n) is 12.0. The van der Waals surface area contributed by atoms with Crippen LogP contribution in [0, 0.1) is 17.1 Å². The molecule has 0 spiro atoms. The summed E-state index contributed by atoms with van der Waals surface area (Å²) in [7, 11) is 0. The lowest BCUT2D eigenvalue weighted by molar-refractivity contribution is -0.126. The van der Waals surface area contributed by atoms with Gasteiger partial charge in [0.25, 0.3) is 0 Å². The Morgan fingerprint density at radius 3 is 2.66 bits per heavy atom. The number of alkyl halides is 3. The topological polar surface area (TPSA) is 95.8 Å². The molecule has 1 aromatic carbocycles. The Bertz CT molecular complexity index is 1540. The van der Waals surface area contributed by atoms with Gasteiger partial charge in [-0.3, -0.25) is 4.90 Å². The minimum atomic E-state index is -4.28. The first-order chi connectivity index (χ1) is 18.1. The van der Waals surface area contributed by atoms with E-state index in [4.69, 9.17) is 5.73 Å². The lowest BCUT2D eigenvalue weighted by Crippen LogP contribution is -2.39. The Morgan fingerprint density at radius 1 is 1.21 bits per heavy atom. The summed E-state index contributed by atoms with van der Waals surface area (Å²) in [6.45, 7) is 5.77. The van der Waals surface area contributed by atoms with Crippen LogP contribution in [0.25, 0.3) is 21.1 Å². The van der Waals surface area contributed by atoms with Crippen LogP contribution in [0.1, 0.15) is 29.0 Å². The fraction of sp³-hybridized carbons (Fsp3) is 0.346. The second-order valence-electron chi connectivity index (χ2n) is 9.53. The number of benzene rings is 1. The fourth-order valence-corrected chi connectivity index (χ4v) is 5.92. The van der Waals surface area contributed by atoms with Gasteiger partial charge in [0.2, 0.25) is 0 Å². The number of piperidine rings is 1. The van der Waals surface area contributed by atoms with Crippen LogP contribution in [0.3, 0.4) is 0 Å². The summed E-state index contributed by atoms with van der Waals surface area (Å²) >= 11 is 1.03. The first kappa shape index (κ1) is 25.9. The molecule has 0 saturated carbocycles. The largest absolute Gasteiger partial charge is 0.401 e. The molecular weight excluding hydrogens is 518 g/mol. The summed E-state index contributed by atoms with van der Waals surface area (Å²) in [6, 6.07) is 8.66. The molecule has 1 saturated heterocycles. The van der Waals surface area contributed by atoms with Crippen molar-refractivity contribution < 1.29 is 17.6 Å². The number of allylic oxidation sites excluding steroid dienone is 1. The quantitative estimate of drug-likeness (QED) is 0.307. The van der Waals surface area contributed by atoms with Crippen LogP contribution in [0.5, 0.6) is 0 Å². The second-order valence-corrected chi connectivity index (χ2v) is 10.6. The number of thiophene rings is 1. The van der Waals surface area contributed by atoms with Gasteiger partial charge >= 0.3 is 6.18 Å². The third-order valence-corrected chi connectivity index (χ3v) is 7.67. The zero-order chi connectivity index (χ0) is 27.0. The summed E-state index contributed by atoms with van der Waals surface area (Å²) in [5, 5.41) is 14.2. The van der Waals surface area contributed by atoms with E-state index in [1.807, 2.05) is 0 Å². The number of likely N-dealkylation sites (tertiary alicyclic amines) is 1. The van der Waals surface area contributed by atoms with Gasteiger partial charge in [0.1, 0.15) is 34.6 Å². The highest BCUT2D eigenvalue weighted by molar-refractivity contribution is 7.18. The van der Waals surface area contributed by atoms with Crippen LogP contribution in [0.4, 0.5) is 23.4 Å². The van der Waals surface area contributed by atoms with Gasteiger partial charge in [-0.25, -0.2) is 14.4 Å². The molecule has 12 heteroatoms. The van der Waals surface area contributed by atoms with Crippen molar-refractivity contribution in [3.05, 3.63) is 64.8 Å². The first-order valence-corrected chi connectivity index (χ1v) is 12.9. The Balaban J connectivity index is 1.25. The maximum atomic E-state index is 15.1. The number of halogens is 4. The van der Waals surface area contributed by atoms with E-state index in [1.165, 1.54) is 18.5 Å². The molecule has 0 atom stereocenters. The highest BCUT2D eigenvalue weighted by Gasteiger charge is 2.29. The number of nitriles is 1. The van der Waals surface area contributed by atoms with Crippen LogP contribution in [-0.4, -0.2) is 44.7 Å². The molecule has 1 aliphatic rings. The van der Waals surface area contributed by atoms with E-state index in [1.54, 1.807) is 16.7 Å². The molecule has 0 bridgehead atoms. The molecule has 198 valence electrons. The van der Waals surface area contributed by atoms with E-state index >= 15 is 4.39 Å². The summed E-state index contributed by atoms with van der Waals surface area (Å²) < 4.78 is 55.2. The van der Waals surface area contributed by atoms with Crippen molar-refractivity contribution in [2.75, 3.05) is 18.4 Å². The minimum absolute atomic E-state index is 0.0826. The van der Waals surface area contributed by atoms with E-state index in [0.29, 0.717) is 58.1 Å². The fourth-order valence-electron chi connectivity index (χ4n) is 4.89. The number of anilines is 1. The van der Waals surface area contributed by atoms with Crippen molar-refractivity contribution in [3.63, 3.8) is 0 Å². The molecule has 0 amide bonds. The van der Waals surface area contributed by atoms with Gasteiger partial charge in [-0.05, 0) is 37.1 Å². The number of rotatable bonds is 7. The Morgan fingerprint density at radius 2 is 1.97 bits per heavy atom. The normalized spacial score (nSPS) is 15.2. The average Bonchev–Trinajstić information content (AvgIpc) is 3.40. The van der Waals surface area contributed by atoms with E-state index in [0.717, 1.165) is 29.6 Å². The zero-order valence-corrected chi connectivity index (χ0v) is 21.2. The average molecular weight is 544 g/mol. The van der Waals surface area contributed by atoms with Crippen molar-refractivity contribution >= 4 is 38.3 Å². The van der Waals surface area contributed by atoms with E-state index < -0.39 is 12.6 Å². The highest BCUT2D eigenvalue weighted by Crippen LogP contribution is 2.33. The minimum Gasteiger partial charge on any atom is -0.401 e. The predicted molar refractivity (Wildman–Crippen MR) is 139 cm³/mol. The number of nitrogens with one attached hydrogen (secondary N) is 1. The van der Waals surface area contributed by atoms with E-state index in [-0.39, 0.29) is 23.3 Å². The van der Waals surface area contributed by atoms with Crippen molar-refractivity contribution in [1.82, 2.24) is 19.4 Å². The summed E-state index contributed by atoms with van der Waals surface area (Å²) in [4.78, 5) is 11.3. The molecule has 1 aliphatic heterocycles. The Labute approximate surface area is 220 Å². The van der Waals surface area contributed by atoms with Gasteiger partial charge in [0, 0.05) is 47.2 Å². The molecular formula is C26H25F4N7S. The van der Waals surface area contributed by atoms with Crippen molar-refractivity contribution in [2.24, 2.45) is 5.73 Å². The summed E-state index contributed by atoms with van der Waals surface area (Å²) in [5.41, 5.74) is 7.64. The molecule has 3 aromatic heterocycles. The van der Waals surface area contributed by atoms with Crippen molar-refractivity contribution in [2.45, 2.75) is 44.6 Å². The third-order valence-electron chi connectivity index (χ3n) is 6.62. The van der Waals surface area contributed by atoms with E-state index in [2.05, 4.69) is 32.8 Å². The van der Waals surface area contributed by atoms with Crippen LogP contribution < -0.4 is 11.1 Å². The monoisotopic (exact) mass is 543 g/mol. The summed E-state index contributed by atoms with van der Waals surface area (Å²) in [5.74, 6) is 0.187. The number of nitrogens with two attached hydrogens (primary N) is 1. The lowest BCUT2D eigenvalue weighted by atomic mass is 10.0. The molecule has 0 aliphatic carbocycles. The third kappa shape index (κ3) is 5.58. The molecule has 38 heavy (non-hydrogen) atoms. The van der Waals surface area contributed by atoms with E-state index in [9.17, 15) is 18.4 Å². The van der Waals surface area contributed by atoms with Crippen LogP contribution in [-0.2, 0) is 19.5 Å². The molecule has 0 radical (unpaired) electrons. The highest BCUT2D eigenvalue weighted by atomic mass is 32.1. The maximum absolute atomic E-state index is 15.1. The predicted octanol–water partition coefficient (Wildman–Crippen LogP) is 5.31. The standard InChI is InChI=1S/C26H25F4N7S/c1-15(32)12-37-19(11-31)7-16-6-17(22(27)9-23(16)37)13-36-4-2-18(3-5-36)35-24-21-8-20(10-26(28,29)30)38-25(21)34-14-33-24/h6-9,14,18H,1-5,10,12-13,32H2,(H,33,34,35). The molecule has 4 heterocycles. The van der Waals surface area contributed by atoms with Crippen LogP contribution >= 0.6 is 11.3 Å². The number of nitrogens with zero attached hydrogens (tertiary/aromatic N) is 5. The number of hydrogen-bond acceptors (Lipinski definition) is 7. The number of fused-ring (bicyclic) bond motifs is 2. The smallest absolute Gasteiger partial charge is 0.393 e. The molecule has 7 nitrogen and oxygen atoms in total. The lowest BCUT2D eigenvalue weighted by Gasteiger charge is -2.32. The SMILES string of the molecule is C=C(N)Cn1c(C#N)cc2cc(CN3CCC(Nc4ncnc5sc(CC(F)(F)F)cc45)CC3)c(F)cc21. The number of hydrogen-bond donors (Lipinski definition) is 2. The molecule has 1 fully saturated rings. The Hall–Kier alpha value is -3.69. The summed E-state index contributed by atoms with van der Waals surface area (Å²) in [6.07, 6.45) is -2.37. The van der Waals surface area contributed by atoms with Gasteiger partial charge in [0.05, 0.1) is 23.9 Å². The Kier molecular flexibility index (Phi) is 6.98. The molecule has 4 aromatic rings. The molecule has 3 N–H and O–H groups in total. The number of aromatic nitrogens is 3. The van der Waals surface area contributed by atoms with Gasteiger partial charge < -0.3 is 15.6 Å². The van der Waals surface area contributed by atoms with Gasteiger partial charge in [0.15, 0.2) is 0 Å². The van der Waals surface area contributed by atoms with Crippen LogP contribution in [0.15, 0.2) is 42.9 Å². The van der Waals surface area contributed by atoms with Crippen molar-refractivity contribution in [1.29, 1.82) is 5.26 Å².